The Balaban J connectivity index is 2.61. The fraction of sp³-hybridized carbons (Fsp3) is 0.267. The summed E-state index contributed by atoms with van der Waals surface area (Å²) in [7, 11) is 1.86. The number of nitrogens with zero attached hydrogens (tertiary/aromatic N) is 3. The molecule has 5 nitrogen and oxygen atoms in total. The van der Waals surface area contributed by atoms with Gasteiger partial charge < -0.3 is 10.0 Å². The smallest absolute Gasteiger partial charge is 0.354 e. The summed E-state index contributed by atoms with van der Waals surface area (Å²) in [5.41, 5.74) is 1.42. The Kier molecular flexibility index (Phi) is 3.85. The number of aromatic carboxylic acids is 1. The third-order valence-electron chi connectivity index (χ3n) is 3.34. The van der Waals surface area contributed by atoms with Crippen molar-refractivity contribution in [2.45, 2.75) is 19.4 Å². The van der Waals surface area contributed by atoms with Crippen LogP contribution in [0.2, 0.25) is 0 Å². The molecule has 0 saturated heterocycles. The van der Waals surface area contributed by atoms with Crippen molar-refractivity contribution in [3.8, 4) is 6.07 Å². The monoisotopic (exact) mass is 269 g/mol. The molecule has 1 atom stereocenters. The summed E-state index contributed by atoms with van der Waals surface area (Å²) in [6, 6.07) is 11.1. The fourth-order valence-electron chi connectivity index (χ4n) is 2.06. The van der Waals surface area contributed by atoms with Gasteiger partial charge in [-0.3, -0.25) is 0 Å². The van der Waals surface area contributed by atoms with Crippen molar-refractivity contribution in [3.05, 3.63) is 36.0 Å². The normalized spacial score (nSPS) is 11.8. The molecule has 0 spiro atoms. The number of aromatic nitrogens is 1. The molecule has 2 aromatic rings. The Hall–Kier alpha value is -2.61. The van der Waals surface area contributed by atoms with Gasteiger partial charge in [-0.2, -0.15) is 5.26 Å². The number of carboxylic acid groups (broad SMARTS) is 1. The van der Waals surface area contributed by atoms with Crippen LogP contribution >= 0.6 is 0 Å². The van der Waals surface area contributed by atoms with Crippen LogP contribution in [0.1, 0.15) is 23.8 Å². The van der Waals surface area contributed by atoms with Crippen molar-refractivity contribution in [2.24, 2.45) is 0 Å². The van der Waals surface area contributed by atoms with Crippen LogP contribution in [-0.4, -0.2) is 29.1 Å². The average Bonchev–Trinajstić information content (AvgIpc) is 2.45. The van der Waals surface area contributed by atoms with Crippen LogP contribution in [0.15, 0.2) is 30.3 Å². The van der Waals surface area contributed by atoms with Gasteiger partial charge in [-0.25, -0.2) is 9.78 Å². The molecule has 0 bridgehead atoms. The number of anilines is 1. The quantitative estimate of drug-likeness (QED) is 0.923. The second-order valence-corrected chi connectivity index (χ2v) is 4.67. The molecule has 20 heavy (non-hydrogen) atoms. The minimum atomic E-state index is -1.06. The van der Waals surface area contributed by atoms with Crippen molar-refractivity contribution in [3.63, 3.8) is 0 Å². The largest absolute Gasteiger partial charge is 0.477 e. The second kappa shape index (κ2) is 5.57. The number of carbonyl (C=O) groups is 1. The van der Waals surface area contributed by atoms with Crippen molar-refractivity contribution >= 4 is 22.6 Å². The van der Waals surface area contributed by atoms with Gasteiger partial charge in [-0.05, 0) is 19.1 Å². The van der Waals surface area contributed by atoms with E-state index in [-0.39, 0.29) is 11.7 Å². The molecule has 1 unspecified atom stereocenters. The standard InChI is InChI=1S/C15H15N3O2/c1-10(7-8-16)18(2)14-9-13(15(19)20)17-12-6-4-3-5-11(12)14/h3-6,9-10H,7H2,1-2H3,(H,19,20). The maximum Gasteiger partial charge on any atom is 0.354 e. The van der Waals surface area contributed by atoms with E-state index in [0.29, 0.717) is 11.9 Å². The number of benzene rings is 1. The molecule has 0 aliphatic rings. The summed E-state index contributed by atoms with van der Waals surface area (Å²) in [5, 5.41) is 18.8. The van der Waals surface area contributed by atoms with E-state index in [1.165, 1.54) is 0 Å². The van der Waals surface area contributed by atoms with Crippen molar-refractivity contribution in [1.29, 1.82) is 5.26 Å². The first kappa shape index (κ1) is 13.8. The van der Waals surface area contributed by atoms with E-state index in [4.69, 9.17) is 10.4 Å². The van der Waals surface area contributed by atoms with Crippen LogP contribution in [0.5, 0.6) is 0 Å². The van der Waals surface area contributed by atoms with E-state index in [2.05, 4.69) is 11.1 Å². The van der Waals surface area contributed by atoms with E-state index in [9.17, 15) is 4.79 Å². The van der Waals surface area contributed by atoms with Gasteiger partial charge in [0.05, 0.1) is 18.0 Å². The maximum atomic E-state index is 11.2. The van der Waals surface area contributed by atoms with Gasteiger partial charge in [0.25, 0.3) is 0 Å². The molecular weight excluding hydrogens is 254 g/mol. The first-order chi connectivity index (χ1) is 9.54. The van der Waals surface area contributed by atoms with Crippen molar-refractivity contribution in [2.75, 3.05) is 11.9 Å². The van der Waals surface area contributed by atoms with E-state index in [1.807, 2.05) is 37.1 Å². The lowest BCUT2D eigenvalue weighted by atomic mass is 10.1. The molecule has 5 heteroatoms. The predicted octanol–water partition coefficient (Wildman–Crippen LogP) is 2.67. The van der Waals surface area contributed by atoms with Gasteiger partial charge in [0.1, 0.15) is 0 Å². The third-order valence-corrected chi connectivity index (χ3v) is 3.34. The SMILES string of the molecule is CC(CC#N)N(C)c1cc(C(=O)O)nc2ccccc12. The molecule has 2 rings (SSSR count). The summed E-state index contributed by atoms with van der Waals surface area (Å²) in [6.45, 7) is 1.93. The summed E-state index contributed by atoms with van der Waals surface area (Å²) in [6.07, 6.45) is 0.371. The first-order valence-electron chi connectivity index (χ1n) is 6.27. The number of nitriles is 1. The maximum absolute atomic E-state index is 11.2. The Labute approximate surface area is 117 Å². The van der Waals surface area contributed by atoms with Gasteiger partial charge >= 0.3 is 5.97 Å². The van der Waals surface area contributed by atoms with Crippen LogP contribution in [0.25, 0.3) is 10.9 Å². The number of pyridine rings is 1. The first-order valence-corrected chi connectivity index (χ1v) is 6.27. The van der Waals surface area contributed by atoms with Crippen LogP contribution in [0, 0.1) is 11.3 Å². The van der Waals surface area contributed by atoms with E-state index < -0.39 is 5.97 Å². The summed E-state index contributed by atoms with van der Waals surface area (Å²) >= 11 is 0. The summed E-state index contributed by atoms with van der Waals surface area (Å²) < 4.78 is 0. The molecule has 0 amide bonds. The second-order valence-electron chi connectivity index (χ2n) is 4.67. The Morgan fingerprint density at radius 2 is 2.20 bits per heavy atom. The zero-order valence-corrected chi connectivity index (χ0v) is 11.4. The molecule has 0 fully saturated rings. The predicted molar refractivity (Wildman–Crippen MR) is 76.8 cm³/mol. The van der Waals surface area contributed by atoms with Crippen LogP contribution in [0.3, 0.4) is 0 Å². The van der Waals surface area contributed by atoms with Crippen LogP contribution in [-0.2, 0) is 0 Å². The van der Waals surface area contributed by atoms with Gasteiger partial charge in [0.15, 0.2) is 5.69 Å². The Morgan fingerprint density at radius 1 is 1.50 bits per heavy atom. The molecule has 1 heterocycles. The van der Waals surface area contributed by atoms with Crippen molar-refractivity contribution < 1.29 is 9.90 Å². The lowest BCUT2D eigenvalue weighted by Crippen LogP contribution is -2.28. The van der Waals surface area contributed by atoms with E-state index in [1.54, 1.807) is 12.1 Å². The lowest BCUT2D eigenvalue weighted by molar-refractivity contribution is 0.0691. The van der Waals surface area contributed by atoms with Gasteiger partial charge in [0.2, 0.25) is 0 Å². The van der Waals surface area contributed by atoms with Crippen LogP contribution in [0.4, 0.5) is 5.69 Å². The molecule has 0 radical (unpaired) electrons. The van der Waals surface area contributed by atoms with Gasteiger partial charge in [-0.15, -0.1) is 0 Å². The molecule has 0 saturated carbocycles. The Morgan fingerprint density at radius 3 is 2.85 bits per heavy atom. The molecule has 1 aromatic carbocycles. The molecule has 102 valence electrons. The summed E-state index contributed by atoms with van der Waals surface area (Å²) in [5.74, 6) is -1.06. The zero-order chi connectivity index (χ0) is 14.7. The number of carboxylic acids is 1. The van der Waals surface area contributed by atoms with Crippen LogP contribution < -0.4 is 4.90 Å². The molecule has 1 N–H and O–H groups in total. The summed E-state index contributed by atoms with van der Waals surface area (Å²) in [4.78, 5) is 17.2. The number of fused-ring (bicyclic) bond motifs is 1. The Bertz CT molecular complexity index is 691. The highest BCUT2D eigenvalue weighted by molar-refractivity contribution is 5.97. The van der Waals surface area contributed by atoms with E-state index >= 15 is 0 Å². The highest BCUT2D eigenvalue weighted by Crippen LogP contribution is 2.27. The molecular formula is C15H15N3O2. The zero-order valence-electron chi connectivity index (χ0n) is 11.4. The average molecular weight is 269 g/mol. The molecule has 0 aliphatic carbocycles. The molecule has 1 aromatic heterocycles. The number of hydrogen-bond acceptors (Lipinski definition) is 4. The minimum Gasteiger partial charge on any atom is -0.477 e. The molecule has 0 aliphatic heterocycles. The lowest BCUT2D eigenvalue weighted by Gasteiger charge is -2.26. The number of hydrogen-bond donors (Lipinski definition) is 1. The highest BCUT2D eigenvalue weighted by Gasteiger charge is 2.16. The van der Waals surface area contributed by atoms with Crippen molar-refractivity contribution in [1.82, 2.24) is 4.98 Å². The van der Waals surface area contributed by atoms with Gasteiger partial charge in [-0.1, -0.05) is 18.2 Å². The number of para-hydroxylation sites is 1. The van der Waals surface area contributed by atoms with Gasteiger partial charge in [0, 0.05) is 24.2 Å². The number of rotatable bonds is 4. The third kappa shape index (κ3) is 2.54. The van der Waals surface area contributed by atoms with E-state index in [0.717, 1.165) is 11.1 Å². The minimum absolute atomic E-state index is 0.00699. The fourth-order valence-corrected chi connectivity index (χ4v) is 2.06. The topological polar surface area (TPSA) is 77.2 Å². The highest BCUT2D eigenvalue weighted by atomic mass is 16.4.